The predicted molar refractivity (Wildman–Crippen MR) is 67.6 cm³/mol. The Hall–Kier alpha value is -2.08. The van der Waals surface area contributed by atoms with Crippen LogP contribution in [0.3, 0.4) is 0 Å². The first-order chi connectivity index (χ1) is 9.18. The molecule has 1 aliphatic heterocycles. The van der Waals surface area contributed by atoms with E-state index in [2.05, 4.69) is 0 Å². The van der Waals surface area contributed by atoms with Gasteiger partial charge in [0.15, 0.2) is 0 Å². The predicted octanol–water partition coefficient (Wildman–Crippen LogP) is 0.0512. The zero-order valence-electron chi connectivity index (χ0n) is 10.1. The minimum atomic E-state index is -0.520. The molecule has 1 N–H and O–H groups in total. The Kier molecular flexibility index (Phi) is 1.98. The fourth-order valence-corrected chi connectivity index (χ4v) is 3.33. The van der Waals surface area contributed by atoms with E-state index in [1.165, 1.54) is 13.9 Å². The average molecular weight is 259 g/mol. The summed E-state index contributed by atoms with van der Waals surface area (Å²) in [5.74, 6) is 0. The lowest BCUT2D eigenvalue weighted by molar-refractivity contribution is 0.104. The smallest absolute Gasteiger partial charge is 0.352 e. The molecule has 19 heavy (non-hydrogen) atoms. The second-order valence-electron chi connectivity index (χ2n) is 5.19. The minimum absolute atomic E-state index is 0.0508. The van der Waals surface area contributed by atoms with Gasteiger partial charge in [0.1, 0.15) is 0 Å². The van der Waals surface area contributed by atoms with Gasteiger partial charge in [-0.1, -0.05) is 18.2 Å². The number of aliphatic hydroxyl groups is 1. The maximum atomic E-state index is 12.4. The van der Waals surface area contributed by atoms with E-state index >= 15 is 0 Å². The minimum Gasteiger partial charge on any atom is -0.391 e. The van der Waals surface area contributed by atoms with E-state index in [1.54, 1.807) is 24.3 Å². The number of fused-ring (bicyclic) bond motifs is 5. The van der Waals surface area contributed by atoms with E-state index in [4.69, 9.17) is 0 Å². The van der Waals surface area contributed by atoms with Crippen molar-refractivity contribution in [1.29, 1.82) is 0 Å². The zero-order valence-corrected chi connectivity index (χ0v) is 10.1. The van der Waals surface area contributed by atoms with Crippen LogP contribution in [0.5, 0.6) is 0 Å². The van der Waals surface area contributed by atoms with Crippen molar-refractivity contribution in [2.75, 3.05) is 0 Å². The van der Waals surface area contributed by atoms with Crippen LogP contribution >= 0.6 is 0 Å². The van der Waals surface area contributed by atoms with Gasteiger partial charge in [-0.05, 0) is 25.0 Å². The summed E-state index contributed by atoms with van der Waals surface area (Å²) >= 11 is 0. The highest BCUT2D eigenvalue weighted by Crippen LogP contribution is 2.42. The fraction of sp³-hybridized carbons (Fsp3) is 0.385. The van der Waals surface area contributed by atoms with Crippen molar-refractivity contribution in [3.63, 3.8) is 0 Å². The van der Waals surface area contributed by atoms with Gasteiger partial charge in [0, 0.05) is 0 Å². The monoisotopic (exact) mass is 259 g/mol. The molecule has 1 fully saturated rings. The van der Waals surface area contributed by atoms with Gasteiger partial charge in [-0.2, -0.15) is 0 Å². The van der Waals surface area contributed by atoms with E-state index in [0.29, 0.717) is 18.5 Å². The molecule has 2 bridgehead atoms. The standard InChI is InChI=1S/C13H13N3O3/c17-11-7-9-6-10(11)16-13(19)14(12(18)15(9)16)8-4-2-1-3-5-8/h1-5,9-11,17H,6-7H2/t9-,10-,11-/m0/s1. The topological polar surface area (TPSA) is 69.2 Å². The molecule has 1 aromatic carbocycles. The molecule has 1 aliphatic carbocycles. The first-order valence-electron chi connectivity index (χ1n) is 6.38. The van der Waals surface area contributed by atoms with Gasteiger partial charge < -0.3 is 5.11 Å². The third-order valence-electron chi connectivity index (χ3n) is 4.15. The van der Waals surface area contributed by atoms with Crippen LogP contribution in [-0.4, -0.2) is 25.1 Å². The third kappa shape index (κ3) is 1.24. The molecule has 2 aromatic rings. The van der Waals surface area contributed by atoms with Gasteiger partial charge in [-0.3, -0.25) is 0 Å². The number of benzene rings is 1. The van der Waals surface area contributed by atoms with Gasteiger partial charge >= 0.3 is 11.4 Å². The van der Waals surface area contributed by atoms with Crippen molar-refractivity contribution < 1.29 is 5.11 Å². The Morgan fingerprint density at radius 3 is 2.42 bits per heavy atom. The van der Waals surface area contributed by atoms with Crippen molar-refractivity contribution in [2.45, 2.75) is 31.0 Å². The van der Waals surface area contributed by atoms with Gasteiger partial charge in [-0.25, -0.2) is 23.5 Å². The second-order valence-corrected chi connectivity index (χ2v) is 5.19. The van der Waals surface area contributed by atoms with E-state index in [-0.39, 0.29) is 23.5 Å². The SMILES string of the molecule is O=c1n(-c2ccccc2)c(=O)n2n1[C@@H]1C[C@H](O)[C@@H]2C1. The van der Waals surface area contributed by atoms with Gasteiger partial charge in [-0.15, -0.1) is 0 Å². The lowest BCUT2D eigenvalue weighted by Gasteiger charge is -2.19. The summed E-state index contributed by atoms with van der Waals surface area (Å²) in [7, 11) is 0. The van der Waals surface area contributed by atoms with E-state index in [0.717, 1.165) is 0 Å². The van der Waals surface area contributed by atoms with Crippen LogP contribution in [0.4, 0.5) is 0 Å². The number of hydrogen-bond donors (Lipinski definition) is 1. The summed E-state index contributed by atoms with van der Waals surface area (Å²) in [5.41, 5.74) is -0.0983. The van der Waals surface area contributed by atoms with Crippen molar-refractivity contribution in [1.82, 2.24) is 13.9 Å². The molecule has 98 valence electrons. The summed E-state index contributed by atoms with van der Waals surface area (Å²) < 4.78 is 4.11. The van der Waals surface area contributed by atoms with Crippen LogP contribution in [0.15, 0.2) is 39.9 Å². The Balaban J connectivity index is 2.01. The maximum absolute atomic E-state index is 12.4. The Labute approximate surface area is 108 Å². The molecule has 0 amide bonds. The Morgan fingerprint density at radius 1 is 1.00 bits per heavy atom. The number of aromatic nitrogens is 3. The van der Waals surface area contributed by atoms with Gasteiger partial charge in [0.25, 0.3) is 0 Å². The van der Waals surface area contributed by atoms with Gasteiger partial charge in [0.05, 0.1) is 23.9 Å². The number of rotatable bonds is 1. The molecule has 4 rings (SSSR count). The number of hydrogen-bond acceptors (Lipinski definition) is 3. The summed E-state index contributed by atoms with van der Waals surface area (Å²) in [6, 6.07) is 8.58. The molecule has 6 nitrogen and oxygen atoms in total. The van der Waals surface area contributed by atoms with Crippen molar-refractivity contribution in [3.05, 3.63) is 51.3 Å². The van der Waals surface area contributed by atoms with Crippen molar-refractivity contribution in [3.8, 4) is 5.69 Å². The number of para-hydroxylation sites is 1. The molecule has 0 radical (unpaired) electrons. The van der Waals surface area contributed by atoms with Crippen LogP contribution in [0.1, 0.15) is 24.9 Å². The highest BCUT2D eigenvalue weighted by atomic mass is 16.3. The normalized spacial score (nSPS) is 27.7. The molecule has 0 spiro atoms. The molecule has 1 aromatic heterocycles. The van der Waals surface area contributed by atoms with Crippen molar-refractivity contribution in [2.24, 2.45) is 0 Å². The number of aliphatic hydroxyl groups excluding tert-OH is 1. The van der Waals surface area contributed by atoms with E-state index in [1.807, 2.05) is 6.07 Å². The largest absolute Gasteiger partial charge is 0.391 e. The fourth-order valence-electron chi connectivity index (χ4n) is 3.33. The Bertz CT molecular complexity index is 756. The zero-order chi connectivity index (χ0) is 13.1. The molecule has 3 atom stereocenters. The first-order valence-corrected chi connectivity index (χ1v) is 6.38. The highest BCUT2D eigenvalue weighted by Gasteiger charge is 2.46. The quantitative estimate of drug-likeness (QED) is 0.787. The second kappa shape index (κ2) is 3.48. The van der Waals surface area contributed by atoms with Crippen LogP contribution in [0.25, 0.3) is 5.69 Å². The summed E-state index contributed by atoms with van der Waals surface area (Å²) in [6.07, 6.45) is 0.720. The molecule has 1 saturated carbocycles. The summed E-state index contributed by atoms with van der Waals surface area (Å²) in [4.78, 5) is 24.8. The van der Waals surface area contributed by atoms with Crippen molar-refractivity contribution >= 4 is 0 Å². The van der Waals surface area contributed by atoms with Crippen LogP contribution in [0.2, 0.25) is 0 Å². The molecule has 0 unspecified atom stereocenters. The lowest BCUT2D eigenvalue weighted by atomic mass is 10.2. The molecular formula is C13H13N3O3. The molecule has 6 heteroatoms. The lowest BCUT2D eigenvalue weighted by Crippen LogP contribution is -2.34. The van der Waals surface area contributed by atoms with Gasteiger partial charge in [0.2, 0.25) is 0 Å². The summed E-state index contributed by atoms with van der Waals surface area (Å²) in [5, 5.41) is 9.88. The first kappa shape index (κ1) is 10.8. The van der Waals surface area contributed by atoms with Crippen LogP contribution < -0.4 is 11.4 Å². The summed E-state index contributed by atoms with van der Waals surface area (Å²) in [6.45, 7) is 0. The number of nitrogens with zero attached hydrogens (tertiary/aromatic N) is 3. The van der Waals surface area contributed by atoms with Crippen LogP contribution in [-0.2, 0) is 0 Å². The van der Waals surface area contributed by atoms with E-state index in [9.17, 15) is 14.7 Å². The highest BCUT2D eigenvalue weighted by molar-refractivity contribution is 5.30. The van der Waals surface area contributed by atoms with E-state index < -0.39 is 6.10 Å². The third-order valence-corrected chi connectivity index (χ3v) is 4.15. The maximum Gasteiger partial charge on any atom is 0.352 e. The van der Waals surface area contributed by atoms with Crippen LogP contribution in [0, 0.1) is 0 Å². The molecule has 2 aliphatic rings. The Morgan fingerprint density at radius 2 is 1.68 bits per heavy atom. The molecule has 0 saturated heterocycles. The average Bonchev–Trinajstić information content (AvgIpc) is 3.02. The molecule has 2 heterocycles. The molecular weight excluding hydrogens is 246 g/mol.